The van der Waals surface area contributed by atoms with Gasteiger partial charge in [-0.25, -0.2) is 0 Å². The molecule has 0 saturated heterocycles. The summed E-state index contributed by atoms with van der Waals surface area (Å²) in [6.45, 7) is 2.20. The zero-order valence-corrected chi connectivity index (χ0v) is 11.3. The summed E-state index contributed by atoms with van der Waals surface area (Å²) in [5.41, 5.74) is 0. The van der Waals surface area contributed by atoms with Crippen LogP contribution in [0.25, 0.3) is 0 Å². The van der Waals surface area contributed by atoms with Crippen molar-refractivity contribution in [3.05, 3.63) is 21.3 Å². The maximum Gasteiger partial charge on any atom is 0.0931 e. The van der Waals surface area contributed by atoms with E-state index in [4.69, 9.17) is 11.6 Å². The summed E-state index contributed by atoms with van der Waals surface area (Å²) < 4.78 is 0.836. The third-order valence-corrected chi connectivity index (χ3v) is 3.42. The van der Waals surface area contributed by atoms with E-state index in [2.05, 4.69) is 5.32 Å². The summed E-state index contributed by atoms with van der Waals surface area (Å²) in [5.74, 6) is 0. The second kappa shape index (κ2) is 7.25. The van der Waals surface area contributed by atoms with E-state index in [1.807, 2.05) is 31.1 Å². The Labute approximate surface area is 106 Å². The van der Waals surface area contributed by atoms with Gasteiger partial charge in [0.1, 0.15) is 0 Å². The molecule has 1 heterocycles. The smallest absolute Gasteiger partial charge is 0.0931 e. The van der Waals surface area contributed by atoms with Gasteiger partial charge < -0.3 is 15.3 Å². The van der Waals surface area contributed by atoms with E-state index < -0.39 is 0 Å². The van der Waals surface area contributed by atoms with Gasteiger partial charge in [0.2, 0.25) is 0 Å². The second-order valence-electron chi connectivity index (χ2n) is 4.08. The minimum atomic E-state index is -0.304. The molecule has 0 radical (unpaired) electrons. The average Bonchev–Trinajstić information content (AvgIpc) is 2.58. The molecule has 92 valence electrons. The topological polar surface area (TPSA) is 35.5 Å². The number of nitrogens with zero attached hydrogens (tertiary/aromatic N) is 1. The van der Waals surface area contributed by atoms with Crippen molar-refractivity contribution in [3.8, 4) is 0 Å². The van der Waals surface area contributed by atoms with Crippen LogP contribution >= 0.6 is 22.9 Å². The number of nitrogens with one attached hydrogen (secondary N) is 1. The Bertz CT molecular complexity index is 304. The molecule has 1 aromatic rings. The number of aliphatic hydroxyl groups is 1. The van der Waals surface area contributed by atoms with E-state index in [0.29, 0.717) is 13.1 Å². The van der Waals surface area contributed by atoms with Gasteiger partial charge in [-0.2, -0.15) is 0 Å². The number of hydrogen-bond acceptors (Lipinski definition) is 4. The molecule has 1 atom stereocenters. The molecule has 0 aliphatic carbocycles. The Balaban J connectivity index is 2.07. The lowest BCUT2D eigenvalue weighted by atomic mass is 10.3. The highest BCUT2D eigenvalue weighted by atomic mass is 35.5. The average molecular weight is 263 g/mol. The molecule has 3 nitrogen and oxygen atoms in total. The standard InChI is InChI=1S/C11H19ClN2OS/c1-14(2)8-9(15)7-13-6-5-10-3-4-11(12)16-10/h3-4,9,13,15H,5-8H2,1-2H3. The number of hydrogen-bond donors (Lipinski definition) is 2. The Morgan fingerprint density at radius 3 is 2.81 bits per heavy atom. The molecule has 0 bridgehead atoms. The van der Waals surface area contributed by atoms with Crippen molar-refractivity contribution in [2.45, 2.75) is 12.5 Å². The summed E-state index contributed by atoms with van der Waals surface area (Å²) in [5, 5.41) is 12.8. The lowest BCUT2D eigenvalue weighted by Gasteiger charge is -2.16. The Morgan fingerprint density at radius 2 is 2.25 bits per heavy atom. The molecule has 0 aliphatic rings. The lowest BCUT2D eigenvalue weighted by molar-refractivity contribution is 0.135. The van der Waals surface area contributed by atoms with Crippen molar-refractivity contribution < 1.29 is 5.11 Å². The second-order valence-corrected chi connectivity index (χ2v) is 5.88. The van der Waals surface area contributed by atoms with Gasteiger partial charge in [0.25, 0.3) is 0 Å². The third kappa shape index (κ3) is 5.82. The van der Waals surface area contributed by atoms with Gasteiger partial charge in [-0.15, -0.1) is 11.3 Å². The van der Waals surface area contributed by atoms with E-state index in [1.54, 1.807) is 11.3 Å². The Morgan fingerprint density at radius 1 is 1.50 bits per heavy atom. The highest BCUT2D eigenvalue weighted by molar-refractivity contribution is 7.16. The highest BCUT2D eigenvalue weighted by Crippen LogP contribution is 2.21. The molecule has 0 aromatic carbocycles. The van der Waals surface area contributed by atoms with Gasteiger partial charge in [-0.3, -0.25) is 0 Å². The van der Waals surface area contributed by atoms with Gasteiger partial charge >= 0.3 is 0 Å². The van der Waals surface area contributed by atoms with Gasteiger partial charge in [0.05, 0.1) is 10.4 Å². The number of halogens is 1. The minimum absolute atomic E-state index is 0.304. The molecule has 1 unspecified atom stereocenters. The molecule has 1 aromatic heterocycles. The van der Waals surface area contributed by atoms with Gasteiger partial charge in [0.15, 0.2) is 0 Å². The maximum absolute atomic E-state index is 9.60. The molecule has 0 fully saturated rings. The molecule has 16 heavy (non-hydrogen) atoms. The van der Waals surface area contributed by atoms with Gasteiger partial charge in [-0.1, -0.05) is 11.6 Å². The normalized spacial score (nSPS) is 13.3. The molecule has 0 spiro atoms. The van der Waals surface area contributed by atoms with Gasteiger partial charge in [-0.05, 0) is 32.6 Å². The number of likely N-dealkylation sites (N-methyl/N-ethyl adjacent to an activating group) is 1. The number of aliphatic hydroxyl groups excluding tert-OH is 1. The molecule has 0 amide bonds. The van der Waals surface area contributed by atoms with E-state index in [1.165, 1.54) is 4.88 Å². The Hall–Kier alpha value is -0.130. The van der Waals surface area contributed by atoms with Crippen LogP contribution in [0.15, 0.2) is 12.1 Å². The SMILES string of the molecule is CN(C)CC(O)CNCCc1ccc(Cl)s1. The van der Waals surface area contributed by atoms with Crippen molar-refractivity contribution in [2.24, 2.45) is 0 Å². The van der Waals surface area contributed by atoms with Crippen LogP contribution in [0.1, 0.15) is 4.88 Å². The van der Waals surface area contributed by atoms with Crippen LogP contribution in [0.4, 0.5) is 0 Å². The summed E-state index contributed by atoms with van der Waals surface area (Å²) in [4.78, 5) is 3.25. The van der Waals surface area contributed by atoms with Crippen LogP contribution in [-0.2, 0) is 6.42 Å². The summed E-state index contributed by atoms with van der Waals surface area (Å²) in [6, 6.07) is 3.97. The van der Waals surface area contributed by atoms with Crippen LogP contribution < -0.4 is 5.32 Å². The molecular formula is C11H19ClN2OS. The summed E-state index contributed by atoms with van der Waals surface area (Å²) in [7, 11) is 3.91. The first kappa shape index (κ1) is 13.9. The molecule has 0 saturated carbocycles. The molecule has 5 heteroatoms. The van der Waals surface area contributed by atoms with Crippen molar-refractivity contribution in [1.29, 1.82) is 0 Å². The molecule has 1 rings (SSSR count). The first-order valence-electron chi connectivity index (χ1n) is 5.35. The maximum atomic E-state index is 9.60. The van der Waals surface area contributed by atoms with E-state index >= 15 is 0 Å². The zero-order chi connectivity index (χ0) is 12.0. The zero-order valence-electron chi connectivity index (χ0n) is 9.74. The lowest BCUT2D eigenvalue weighted by Crippen LogP contribution is -2.35. The highest BCUT2D eigenvalue weighted by Gasteiger charge is 2.04. The van der Waals surface area contributed by atoms with Crippen molar-refractivity contribution in [3.63, 3.8) is 0 Å². The van der Waals surface area contributed by atoms with Crippen LogP contribution in [0.2, 0.25) is 4.34 Å². The van der Waals surface area contributed by atoms with Gasteiger partial charge in [0, 0.05) is 24.5 Å². The molecule has 2 N–H and O–H groups in total. The minimum Gasteiger partial charge on any atom is -0.390 e. The van der Waals surface area contributed by atoms with E-state index in [9.17, 15) is 5.11 Å². The van der Waals surface area contributed by atoms with Crippen LogP contribution in [0, 0.1) is 0 Å². The predicted octanol–water partition coefficient (Wildman–Crippen LogP) is 1.46. The van der Waals surface area contributed by atoms with E-state index in [-0.39, 0.29) is 6.10 Å². The number of thiophene rings is 1. The van der Waals surface area contributed by atoms with E-state index in [0.717, 1.165) is 17.3 Å². The monoisotopic (exact) mass is 262 g/mol. The summed E-state index contributed by atoms with van der Waals surface area (Å²) in [6.07, 6.45) is 0.661. The first-order valence-corrected chi connectivity index (χ1v) is 6.55. The fraction of sp³-hybridized carbons (Fsp3) is 0.636. The van der Waals surface area contributed by atoms with Crippen molar-refractivity contribution in [2.75, 3.05) is 33.7 Å². The van der Waals surface area contributed by atoms with Crippen molar-refractivity contribution >= 4 is 22.9 Å². The fourth-order valence-corrected chi connectivity index (χ4v) is 2.54. The first-order chi connectivity index (χ1) is 7.58. The fourth-order valence-electron chi connectivity index (χ4n) is 1.45. The van der Waals surface area contributed by atoms with Crippen LogP contribution in [-0.4, -0.2) is 49.8 Å². The largest absolute Gasteiger partial charge is 0.390 e. The quantitative estimate of drug-likeness (QED) is 0.731. The predicted molar refractivity (Wildman–Crippen MR) is 70.5 cm³/mol. The number of rotatable bonds is 7. The van der Waals surface area contributed by atoms with Crippen LogP contribution in [0.3, 0.4) is 0 Å². The summed E-state index contributed by atoms with van der Waals surface area (Å²) >= 11 is 7.45. The molecular weight excluding hydrogens is 244 g/mol. The van der Waals surface area contributed by atoms with Crippen molar-refractivity contribution in [1.82, 2.24) is 10.2 Å². The Kier molecular flexibility index (Phi) is 6.31. The molecule has 0 aliphatic heterocycles. The van der Waals surface area contributed by atoms with Crippen LogP contribution in [0.5, 0.6) is 0 Å². The third-order valence-electron chi connectivity index (χ3n) is 2.13.